The highest BCUT2D eigenvalue weighted by atomic mass is 16.7. The van der Waals surface area contributed by atoms with Gasteiger partial charge in [0.25, 0.3) is 0 Å². The zero-order valence-corrected chi connectivity index (χ0v) is 16.9. The van der Waals surface area contributed by atoms with Gasteiger partial charge in [-0.25, -0.2) is 0 Å². The maximum absolute atomic E-state index is 10.3. The van der Waals surface area contributed by atoms with Crippen LogP contribution in [-0.2, 0) is 9.47 Å². The van der Waals surface area contributed by atoms with Gasteiger partial charge in [-0.05, 0) is 105 Å². The largest absolute Gasteiger partial charge is 0.393 e. The molecule has 4 saturated carbocycles. The molecule has 0 aromatic carbocycles. The van der Waals surface area contributed by atoms with Crippen LogP contribution in [0.15, 0.2) is 12.2 Å². The van der Waals surface area contributed by atoms with E-state index >= 15 is 0 Å². The highest BCUT2D eigenvalue weighted by molar-refractivity contribution is 5.33. The van der Waals surface area contributed by atoms with Crippen molar-refractivity contribution in [1.82, 2.24) is 0 Å². The van der Waals surface area contributed by atoms with Crippen LogP contribution < -0.4 is 0 Å². The highest BCUT2D eigenvalue weighted by Crippen LogP contribution is 2.81. The van der Waals surface area contributed by atoms with E-state index in [1.165, 1.54) is 51.4 Å². The first-order valence-electron chi connectivity index (χ1n) is 11.7. The molecule has 6 aliphatic rings. The smallest absolute Gasteiger partial charge is 0.157 e. The highest BCUT2D eigenvalue weighted by Gasteiger charge is 2.74. The molecule has 5 aliphatic carbocycles. The number of hydrogen-bond donors (Lipinski definition) is 1. The summed E-state index contributed by atoms with van der Waals surface area (Å²) in [4.78, 5) is 0. The summed E-state index contributed by atoms with van der Waals surface area (Å²) in [6.07, 6.45) is 19.0. The summed E-state index contributed by atoms with van der Waals surface area (Å²) in [5.41, 5.74) is 1.23. The molecular weight excluding hydrogens is 336 g/mol. The Morgan fingerprint density at radius 2 is 1.96 bits per heavy atom. The second-order valence-corrected chi connectivity index (χ2v) is 11.1. The van der Waals surface area contributed by atoms with Crippen LogP contribution in [0.25, 0.3) is 0 Å². The third-order valence-corrected chi connectivity index (χ3v) is 10.1. The van der Waals surface area contributed by atoms with Gasteiger partial charge in [0.2, 0.25) is 0 Å². The van der Waals surface area contributed by atoms with E-state index in [2.05, 4.69) is 19.1 Å². The van der Waals surface area contributed by atoms with E-state index in [0.717, 1.165) is 43.6 Å². The van der Waals surface area contributed by atoms with Crippen molar-refractivity contribution in [3.05, 3.63) is 12.2 Å². The van der Waals surface area contributed by atoms with Gasteiger partial charge < -0.3 is 14.6 Å². The molecule has 0 radical (unpaired) electrons. The maximum atomic E-state index is 10.3. The fourth-order valence-electron chi connectivity index (χ4n) is 8.64. The monoisotopic (exact) mass is 372 g/mol. The molecular formula is C24H36O3. The fourth-order valence-corrected chi connectivity index (χ4v) is 8.64. The quantitative estimate of drug-likeness (QED) is 0.706. The number of aliphatic hydroxyl groups is 1. The Labute approximate surface area is 163 Å². The van der Waals surface area contributed by atoms with Gasteiger partial charge in [-0.3, -0.25) is 0 Å². The van der Waals surface area contributed by atoms with Crippen molar-refractivity contribution in [1.29, 1.82) is 0 Å². The predicted molar refractivity (Wildman–Crippen MR) is 104 cm³/mol. The Morgan fingerprint density at radius 3 is 2.81 bits per heavy atom. The summed E-state index contributed by atoms with van der Waals surface area (Å²) in [5, 5.41) is 10.3. The molecule has 0 bridgehead atoms. The van der Waals surface area contributed by atoms with Gasteiger partial charge in [-0.15, -0.1) is 0 Å². The van der Waals surface area contributed by atoms with Crippen LogP contribution in [0.4, 0.5) is 0 Å². The third-order valence-electron chi connectivity index (χ3n) is 10.1. The molecule has 1 N–H and O–H groups in total. The van der Waals surface area contributed by atoms with Gasteiger partial charge in [0.05, 0.1) is 12.2 Å². The molecule has 9 unspecified atom stereocenters. The minimum atomic E-state index is -0.0598. The number of aliphatic hydroxyl groups excluding tert-OH is 1. The molecule has 1 aliphatic heterocycles. The lowest BCUT2D eigenvalue weighted by atomic mass is 9.52. The molecule has 0 aromatic heterocycles. The second-order valence-electron chi connectivity index (χ2n) is 11.1. The number of rotatable bonds is 2. The topological polar surface area (TPSA) is 38.7 Å². The lowest BCUT2D eigenvalue weighted by Crippen LogP contribution is -2.49. The van der Waals surface area contributed by atoms with E-state index in [9.17, 15) is 5.11 Å². The van der Waals surface area contributed by atoms with Crippen molar-refractivity contribution < 1.29 is 14.6 Å². The van der Waals surface area contributed by atoms with Crippen LogP contribution in [-0.4, -0.2) is 30.2 Å². The molecule has 27 heavy (non-hydrogen) atoms. The standard InChI is InChI=1S/C24H36O3/c1-22-10-9-19-17(8-11-23-14-16(25)7-12-24(19,23)15-23)18(22)5-6-20(22)27-21-4-2-3-13-26-21/h8,11,16-21,25H,2-7,9-10,12-15H2,1H3. The van der Waals surface area contributed by atoms with Gasteiger partial charge in [-0.2, -0.15) is 0 Å². The van der Waals surface area contributed by atoms with Crippen LogP contribution >= 0.6 is 0 Å². The van der Waals surface area contributed by atoms with Crippen LogP contribution in [0.5, 0.6) is 0 Å². The van der Waals surface area contributed by atoms with E-state index in [4.69, 9.17) is 9.47 Å². The second kappa shape index (κ2) is 5.83. The van der Waals surface area contributed by atoms with Crippen LogP contribution in [0, 0.1) is 34.0 Å². The summed E-state index contributed by atoms with van der Waals surface area (Å²) in [7, 11) is 0. The first-order chi connectivity index (χ1) is 13.1. The summed E-state index contributed by atoms with van der Waals surface area (Å²) < 4.78 is 12.5. The molecule has 3 heteroatoms. The van der Waals surface area contributed by atoms with Crippen molar-refractivity contribution in [3.63, 3.8) is 0 Å². The van der Waals surface area contributed by atoms with Gasteiger partial charge in [0.1, 0.15) is 0 Å². The summed E-state index contributed by atoms with van der Waals surface area (Å²) in [6.45, 7) is 3.40. The number of hydrogen-bond acceptors (Lipinski definition) is 3. The Morgan fingerprint density at radius 1 is 1.04 bits per heavy atom. The van der Waals surface area contributed by atoms with E-state index in [1.54, 1.807) is 0 Å². The molecule has 0 amide bonds. The SMILES string of the molecule is CC12CCC3C(C=CC45CC(O)CCC34C5)C1CCC2OC1CCCCO1. The van der Waals surface area contributed by atoms with E-state index in [1.807, 2.05) is 0 Å². The van der Waals surface area contributed by atoms with Crippen molar-refractivity contribution in [2.24, 2.45) is 34.0 Å². The average Bonchev–Trinajstić information content (AvgIpc) is 3.25. The van der Waals surface area contributed by atoms with Gasteiger partial charge in [0, 0.05) is 6.61 Å². The van der Waals surface area contributed by atoms with Crippen LogP contribution in [0.2, 0.25) is 0 Å². The Balaban J connectivity index is 1.24. The lowest BCUT2D eigenvalue weighted by molar-refractivity contribution is -0.214. The van der Waals surface area contributed by atoms with E-state index in [-0.39, 0.29) is 12.4 Å². The Kier molecular flexibility index (Phi) is 3.77. The average molecular weight is 373 g/mol. The number of allylic oxidation sites excluding steroid dienone is 2. The van der Waals surface area contributed by atoms with Crippen LogP contribution in [0.1, 0.15) is 77.6 Å². The number of ether oxygens (including phenoxy) is 2. The fraction of sp³-hybridized carbons (Fsp3) is 0.917. The zero-order valence-electron chi connectivity index (χ0n) is 16.9. The summed E-state index contributed by atoms with van der Waals surface area (Å²) in [6, 6.07) is 0. The number of fused-ring (bicyclic) bond motifs is 3. The van der Waals surface area contributed by atoms with E-state index < -0.39 is 0 Å². The van der Waals surface area contributed by atoms with Crippen molar-refractivity contribution >= 4 is 0 Å². The van der Waals surface area contributed by atoms with Gasteiger partial charge in [0.15, 0.2) is 6.29 Å². The van der Waals surface area contributed by atoms with Gasteiger partial charge in [-0.1, -0.05) is 19.1 Å². The first-order valence-corrected chi connectivity index (χ1v) is 11.7. The van der Waals surface area contributed by atoms with Crippen molar-refractivity contribution in [3.8, 4) is 0 Å². The predicted octanol–water partition coefficient (Wildman–Crippen LogP) is 4.83. The third kappa shape index (κ3) is 2.31. The molecule has 6 rings (SSSR count). The molecule has 0 spiro atoms. The minimum absolute atomic E-state index is 0.0495. The van der Waals surface area contributed by atoms with Crippen LogP contribution in [0.3, 0.4) is 0 Å². The summed E-state index contributed by atoms with van der Waals surface area (Å²) >= 11 is 0. The Hall–Kier alpha value is -0.380. The molecule has 5 fully saturated rings. The van der Waals surface area contributed by atoms with Gasteiger partial charge >= 0.3 is 0 Å². The summed E-state index contributed by atoms with van der Waals surface area (Å²) in [5.74, 6) is 2.38. The first kappa shape index (κ1) is 17.5. The molecule has 150 valence electrons. The minimum Gasteiger partial charge on any atom is -0.393 e. The molecule has 0 aromatic rings. The van der Waals surface area contributed by atoms with E-state index in [0.29, 0.717) is 22.3 Å². The van der Waals surface area contributed by atoms with Crippen molar-refractivity contribution in [2.75, 3.05) is 6.61 Å². The maximum Gasteiger partial charge on any atom is 0.157 e. The normalized spacial score (nSPS) is 58.7. The molecule has 1 heterocycles. The zero-order chi connectivity index (χ0) is 18.3. The van der Waals surface area contributed by atoms with Crippen molar-refractivity contribution in [2.45, 2.75) is 96.1 Å². The molecule has 3 nitrogen and oxygen atoms in total. The molecule has 1 saturated heterocycles. The lowest BCUT2D eigenvalue weighted by Gasteiger charge is -2.53. The Bertz CT molecular complexity index is 640. The molecule has 9 atom stereocenters.